The topological polar surface area (TPSA) is 82.1 Å². The molecule has 1 saturated heterocycles. The molecule has 31 heavy (non-hydrogen) atoms. The second-order valence-corrected chi connectivity index (χ2v) is 10.0. The predicted octanol–water partition coefficient (Wildman–Crippen LogP) is 4.20. The predicted molar refractivity (Wildman–Crippen MR) is 121 cm³/mol. The summed E-state index contributed by atoms with van der Waals surface area (Å²) in [5.41, 5.74) is 2.17. The van der Waals surface area contributed by atoms with Gasteiger partial charge in [0.1, 0.15) is 0 Å². The Hall–Kier alpha value is -2.39. The summed E-state index contributed by atoms with van der Waals surface area (Å²) in [4.78, 5) is 6.85. The van der Waals surface area contributed by atoms with Gasteiger partial charge < -0.3 is 14.2 Å². The highest BCUT2D eigenvalue weighted by molar-refractivity contribution is 7.99. The minimum Gasteiger partial charge on any atom is -0.378 e. The first-order valence-electron chi connectivity index (χ1n) is 10.7. The van der Waals surface area contributed by atoms with Crippen LogP contribution < -0.4 is 4.90 Å². The molecule has 1 atom stereocenters. The van der Waals surface area contributed by atoms with Crippen molar-refractivity contribution in [1.29, 1.82) is 0 Å². The zero-order chi connectivity index (χ0) is 22.0. The molecule has 1 aliphatic rings. The molecule has 4 rings (SSSR count). The van der Waals surface area contributed by atoms with E-state index in [0.717, 1.165) is 36.3 Å². The molecule has 1 aliphatic heterocycles. The number of hydrogen-bond acceptors (Lipinski definition) is 8. The molecular weight excluding hydrogens is 412 g/mol. The molecule has 1 aromatic carbocycles. The van der Waals surface area contributed by atoms with E-state index in [1.165, 1.54) is 5.56 Å². The minimum atomic E-state index is -0.156. The Morgan fingerprint density at radius 2 is 1.94 bits per heavy atom. The zero-order valence-electron chi connectivity index (χ0n) is 18.8. The summed E-state index contributed by atoms with van der Waals surface area (Å²) in [6.07, 6.45) is 0.972. The fourth-order valence-electron chi connectivity index (χ4n) is 3.36. The summed E-state index contributed by atoms with van der Waals surface area (Å²) in [5, 5.41) is 14.0. The lowest BCUT2D eigenvalue weighted by atomic mass is 9.96. The number of aromatic nitrogens is 5. The Kier molecular flexibility index (Phi) is 6.34. The molecule has 1 unspecified atom stereocenters. The molecule has 1 fully saturated rings. The normalized spacial score (nSPS) is 16.0. The molecule has 0 saturated carbocycles. The Bertz CT molecular complexity index is 1020. The Morgan fingerprint density at radius 3 is 2.61 bits per heavy atom. The monoisotopic (exact) mass is 442 g/mol. The van der Waals surface area contributed by atoms with Crippen LogP contribution in [0.25, 0.3) is 5.69 Å². The van der Waals surface area contributed by atoms with E-state index in [9.17, 15) is 0 Å². The molecule has 0 bridgehead atoms. The Morgan fingerprint density at radius 1 is 1.16 bits per heavy atom. The molecule has 2 aromatic heterocycles. The number of ether oxygens (including phenoxy) is 1. The van der Waals surface area contributed by atoms with E-state index in [0.29, 0.717) is 24.9 Å². The number of thioether (sulfide) groups is 1. The van der Waals surface area contributed by atoms with Crippen molar-refractivity contribution in [2.75, 3.05) is 31.2 Å². The average Bonchev–Trinajstić information content (AvgIpc) is 3.42. The number of rotatable bonds is 6. The van der Waals surface area contributed by atoms with Crippen LogP contribution >= 0.6 is 11.8 Å². The van der Waals surface area contributed by atoms with Crippen molar-refractivity contribution >= 4 is 17.7 Å². The quantitative estimate of drug-likeness (QED) is 0.525. The molecule has 0 radical (unpaired) electrons. The van der Waals surface area contributed by atoms with Crippen LogP contribution in [0.2, 0.25) is 0 Å². The van der Waals surface area contributed by atoms with Gasteiger partial charge in [0.25, 0.3) is 0 Å². The molecule has 3 heterocycles. The second-order valence-electron chi connectivity index (χ2n) is 8.71. The Labute approximate surface area is 187 Å². The van der Waals surface area contributed by atoms with Gasteiger partial charge in [-0.2, -0.15) is 4.98 Å². The number of anilines is 1. The van der Waals surface area contributed by atoms with Gasteiger partial charge in [0.05, 0.1) is 24.2 Å². The molecule has 0 amide bonds. The van der Waals surface area contributed by atoms with Gasteiger partial charge in [0.2, 0.25) is 11.8 Å². The summed E-state index contributed by atoms with van der Waals surface area (Å²) in [7, 11) is 0. The number of benzene rings is 1. The first-order chi connectivity index (χ1) is 14.9. The van der Waals surface area contributed by atoms with Crippen molar-refractivity contribution < 1.29 is 9.26 Å². The van der Waals surface area contributed by atoms with Crippen molar-refractivity contribution in [3.05, 3.63) is 41.5 Å². The van der Waals surface area contributed by atoms with Gasteiger partial charge in [0, 0.05) is 18.5 Å². The summed E-state index contributed by atoms with van der Waals surface area (Å²) < 4.78 is 13.2. The highest BCUT2D eigenvalue weighted by atomic mass is 32.2. The van der Waals surface area contributed by atoms with Crippen LogP contribution in [0.5, 0.6) is 0 Å². The van der Waals surface area contributed by atoms with Crippen LogP contribution in [0, 0.1) is 0 Å². The highest BCUT2D eigenvalue weighted by Gasteiger charge is 2.27. The maximum absolute atomic E-state index is 5.56. The SMILES string of the molecule is CCc1cccc(-n2c(SC(C)c3nc(C(C)(C)C)no3)nnc2N2CCOCC2)c1. The molecule has 0 spiro atoms. The van der Waals surface area contributed by atoms with Crippen molar-refractivity contribution in [3.63, 3.8) is 0 Å². The van der Waals surface area contributed by atoms with E-state index in [2.05, 4.69) is 88.7 Å². The van der Waals surface area contributed by atoms with Crippen LogP contribution in [-0.4, -0.2) is 51.2 Å². The lowest BCUT2D eigenvalue weighted by molar-refractivity contribution is 0.122. The molecule has 166 valence electrons. The first kappa shape index (κ1) is 21.8. The first-order valence-corrected chi connectivity index (χ1v) is 11.6. The van der Waals surface area contributed by atoms with Crippen LogP contribution in [-0.2, 0) is 16.6 Å². The number of nitrogens with zero attached hydrogens (tertiary/aromatic N) is 6. The van der Waals surface area contributed by atoms with Crippen LogP contribution in [0.3, 0.4) is 0 Å². The third-order valence-corrected chi connectivity index (χ3v) is 6.26. The second kappa shape index (κ2) is 9.00. The third kappa shape index (κ3) is 4.77. The molecule has 8 nitrogen and oxygen atoms in total. The van der Waals surface area contributed by atoms with Gasteiger partial charge in [-0.15, -0.1) is 10.2 Å². The average molecular weight is 443 g/mol. The number of morpholine rings is 1. The number of hydrogen-bond donors (Lipinski definition) is 0. The summed E-state index contributed by atoms with van der Waals surface area (Å²) in [6, 6.07) is 8.53. The van der Waals surface area contributed by atoms with E-state index < -0.39 is 0 Å². The van der Waals surface area contributed by atoms with Gasteiger partial charge in [-0.05, 0) is 31.0 Å². The molecule has 3 aromatic rings. The van der Waals surface area contributed by atoms with Crippen molar-refractivity contribution in [1.82, 2.24) is 24.9 Å². The molecule has 0 aliphatic carbocycles. The van der Waals surface area contributed by atoms with Crippen LogP contribution in [0.4, 0.5) is 5.95 Å². The summed E-state index contributed by atoms with van der Waals surface area (Å²) in [5.74, 6) is 2.15. The lowest BCUT2D eigenvalue weighted by Crippen LogP contribution is -2.37. The van der Waals surface area contributed by atoms with Gasteiger partial charge in [-0.1, -0.05) is 56.7 Å². The number of aryl methyl sites for hydroxylation is 1. The zero-order valence-corrected chi connectivity index (χ0v) is 19.6. The van der Waals surface area contributed by atoms with Crippen LogP contribution in [0.1, 0.15) is 57.1 Å². The van der Waals surface area contributed by atoms with Gasteiger partial charge in [-0.25, -0.2) is 0 Å². The van der Waals surface area contributed by atoms with E-state index in [4.69, 9.17) is 9.26 Å². The molecular formula is C22H30N6O2S. The third-order valence-electron chi connectivity index (χ3n) is 5.23. The smallest absolute Gasteiger partial charge is 0.239 e. The largest absolute Gasteiger partial charge is 0.378 e. The van der Waals surface area contributed by atoms with E-state index in [-0.39, 0.29) is 10.7 Å². The molecule has 9 heteroatoms. The summed E-state index contributed by atoms with van der Waals surface area (Å²) >= 11 is 1.58. The fraction of sp³-hybridized carbons (Fsp3) is 0.545. The Balaban J connectivity index is 1.68. The lowest BCUT2D eigenvalue weighted by Gasteiger charge is -2.28. The minimum absolute atomic E-state index is 0.0570. The van der Waals surface area contributed by atoms with Gasteiger partial charge >= 0.3 is 0 Å². The fourth-order valence-corrected chi connectivity index (χ4v) is 4.25. The van der Waals surface area contributed by atoms with Crippen molar-refractivity contribution in [2.45, 2.75) is 56.9 Å². The maximum atomic E-state index is 5.56. The van der Waals surface area contributed by atoms with Gasteiger partial charge in [0.15, 0.2) is 11.0 Å². The highest BCUT2D eigenvalue weighted by Crippen LogP contribution is 2.37. The van der Waals surface area contributed by atoms with Crippen molar-refractivity contribution in [2.24, 2.45) is 0 Å². The maximum Gasteiger partial charge on any atom is 0.239 e. The standard InChI is InChI=1S/C22H30N6O2S/c1-6-16-8-7-9-17(14-16)28-20(27-10-12-29-13-11-27)24-25-21(28)31-15(2)18-23-19(26-30-18)22(3,4)5/h7-9,14-15H,6,10-13H2,1-5H3. The van der Waals surface area contributed by atoms with Crippen molar-refractivity contribution in [3.8, 4) is 5.69 Å². The summed E-state index contributed by atoms with van der Waals surface area (Å²) in [6.45, 7) is 13.4. The van der Waals surface area contributed by atoms with E-state index in [1.807, 2.05) is 0 Å². The van der Waals surface area contributed by atoms with E-state index >= 15 is 0 Å². The molecule has 0 N–H and O–H groups in total. The van der Waals surface area contributed by atoms with E-state index in [1.54, 1.807) is 11.8 Å². The van der Waals surface area contributed by atoms with Gasteiger partial charge in [-0.3, -0.25) is 4.57 Å². The van der Waals surface area contributed by atoms with Crippen LogP contribution in [0.15, 0.2) is 33.9 Å².